The quantitative estimate of drug-likeness (QED) is 0.626. The molecule has 0 unspecified atom stereocenters. The van der Waals surface area contributed by atoms with E-state index in [4.69, 9.17) is 9.47 Å². The Morgan fingerprint density at radius 2 is 2.25 bits per heavy atom. The highest BCUT2D eigenvalue weighted by atomic mass is 16.6. The van der Waals surface area contributed by atoms with Gasteiger partial charge in [-0.2, -0.15) is 4.98 Å². The van der Waals surface area contributed by atoms with E-state index in [2.05, 4.69) is 15.3 Å². The highest BCUT2D eigenvalue weighted by Gasteiger charge is 2.27. The number of rotatable bonds is 6. The second-order valence-electron chi connectivity index (χ2n) is 4.49. The topological polar surface area (TPSA) is 99.4 Å². The van der Waals surface area contributed by atoms with Gasteiger partial charge in [-0.1, -0.05) is 6.92 Å². The largest absolute Gasteiger partial charge is 0.469 e. The van der Waals surface area contributed by atoms with E-state index >= 15 is 0 Å². The molecular formula is C12H18N4O4. The molecule has 8 nitrogen and oxygen atoms in total. The molecule has 20 heavy (non-hydrogen) atoms. The number of hydrogen-bond acceptors (Lipinski definition) is 7. The molecule has 0 saturated carbocycles. The first-order valence-corrected chi connectivity index (χ1v) is 6.70. The Morgan fingerprint density at radius 1 is 1.50 bits per heavy atom. The normalized spacial score (nSPS) is 15.8. The van der Waals surface area contributed by atoms with Gasteiger partial charge in [0.2, 0.25) is 5.82 Å². The van der Waals surface area contributed by atoms with Gasteiger partial charge in [0.1, 0.15) is 12.4 Å². The summed E-state index contributed by atoms with van der Waals surface area (Å²) in [6.07, 6.45) is 3.44. The van der Waals surface area contributed by atoms with Crippen molar-refractivity contribution in [3.63, 3.8) is 0 Å². The summed E-state index contributed by atoms with van der Waals surface area (Å²) in [6, 6.07) is 0. The lowest BCUT2D eigenvalue weighted by Gasteiger charge is -2.22. The predicted octanol–water partition coefficient (Wildman–Crippen LogP) is 1.76. The molecule has 1 aliphatic heterocycles. The van der Waals surface area contributed by atoms with Gasteiger partial charge in [0.15, 0.2) is 0 Å². The molecule has 0 amide bonds. The molecule has 1 N–H and O–H groups in total. The van der Waals surface area contributed by atoms with Crippen LogP contribution in [0.5, 0.6) is 5.88 Å². The van der Waals surface area contributed by atoms with Crippen molar-refractivity contribution >= 4 is 11.5 Å². The van der Waals surface area contributed by atoms with Crippen molar-refractivity contribution < 1.29 is 14.4 Å². The smallest absolute Gasteiger partial charge is 0.372 e. The summed E-state index contributed by atoms with van der Waals surface area (Å²) in [7, 11) is 0. The van der Waals surface area contributed by atoms with Crippen LogP contribution in [0.3, 0.4) is 0 Å². The Balaban J connectivity index is 2.19. The maximum Gasteiger partial charge on any atom is 0.372 e. The summed E-state index contributed by atoms with van der Waals surface area (Å²) in [6.45, 7) is 3.78. The maximum absolute atomic E-state index is 11.2. The molecule has 0 bridgehead atoms. The first-order valence-electron chi connectivity index (χ1n) is 6.70. The molecule has 110 valence electrons. The van der Waals surface area contributed by atoms with Gasteiger partial charge in [0, 0.05) is 19.4 Å². The number of nitro groups is 1. The van der Waals surface area contributed by atoms with Gasteiger partial charge in [-0.15, -0.1) is 0 Å². The van der Waals surface area contributed by atoms with E-state index < -0.39 is 4.92 Å². The Labute approximate surface area is 116 Å². The molecule has 0 aromatic carbocycles. The first-order chi connectivity index (χ1) is 9.72. The molecule has 2 rings (SSSR count). The molecule has 0 atom stereocenters. The molecule has 1 saturated heterocycles. The minimum Gasteiger partial charge on any atom is -0.469 e. The standard InChI is InChI=1S/C12H18N4O4/c1-2-5-13-11-10(16(17)18)12(15-8-14-11)20-9-3-6-19-7-4-9/h8-9H,2-7H2,1H3,(H,13,14,15). The Kier molecular flexibility index (Phi) is 5.05. The van der Waals surface area contributed by atoms with Crippen molar-refractivity contribution in [2.24, 2.45) is 0 Å². The lowest BCUT2D eigenvalue weighted by atomic mass is 10.1. The van der Waals surface area contributed by atoms with E-state index in [0.29, 0.717) is 32.6 Å². The van der Waals surface area contributed by atoms with E-state index in [1.807, 2.05) is 6.92 Å². The van der Waals surface area contributed by atoms with Crippen molar-refractivity contribution in [2.45, 2.75) is 32.3 Å². The van der Waals surface area contributed by atoms with Gasteiger partial charge >= 0.3 is 5.69 Å². The second-order valence-corrected chi connectivity index (χ2v) is 4.49. The summed E-state index contributed by atoms with van der Waals surface area (Å²) in [5.41, 5.74) is -0.201. The van der Waals surface area contributed by atoms with Crippen LogP contribution < -0.4 is 10.1 Å². The van der Waals surface area contributed by atoms with Crippen molar-refractivity contribution in [3.05, 3.63) is 16.4 Å². The van der Waals surface area contributed by atoms with Gasteiger partial charge < -0.3 is 14.8 Å². The average molecular weight is 282 g/mol. The van der Waals surface area contributed by atoms with E-state index in [1.165, 1.54) is 6.33 Å². The maximum atomic E-state index is 11.2. The van der Waals surface area contributed by atoms with Crippen molar-refractivity contribution in [1.82, 2.24) is 9.97 Å². The van der Waals surface area contributed by atoms with Crippen LogP contribution >= 0.6 is 0 Å². The molecular weight excluding hydrogens is 264 g/mol. The molecule has 8 heteroatoms. The average Bonchev–Trinajstić information content (AvgIpc) is 2.46. The third-order valence-electron chi connectivity index (χ3n) is 2.96. The zero-order valence-corrected chi connectivity index (χ0v) is 11.4. The summed E-state index contributed by atoms with van der Waals surface area (Å²) < 4.78 is 10.9. The molecule has 2 heterocycles. The monoisotopic (exact) mass is 282 g/mol. The fourth-order valence-corrected chi connectivity index (χ4v) is 1.94. The van der Waals surface area contributed by atoms with Crippen LogP contribution in [0.2, 0.25) is 0 Å². The molecule has 1 aromatic heterocycles. The third kappa shape index (κ3) is 3.53. The summed E-state index contributed by atoms with van der Waals surface area (Å²) in [5, 5.41) is 14.2. The second kappa shape index (κ2) is 6.99. The van der Waals surface area contributed by atoms with Crippen LogP contribution in [-0.4, -0.2) is 40.8 Å². The summed E-state index contributed by atoms with van der Waals surface area (Å²) in [4.78, 5) is 18.6. The molecule has 1 fully saturated rings. The first kappa shape index (κ1) is 14.4. The molecule has 1 aliphatic rings. The van der Waals surface area contributed by atoms with Crippen LogP contribution in [0.25, 0.3) is 0 Å². The van der Waals surface area contributed by atoms with E-state index in [1.54, 1.807) is 0 Å². The number of ether oxygens (including phenoxy) is 2. The summed E-state index contributed by atoms with van der Waals surface area (Å²) in [5.74, 6) is 0.226. The van der Waals surface area contributed by atoms with Crippen molar-refractivity contribution in [1.29, 1.82) is 0 Å². The zero-order chi connectivity index (χ0) is 14.4. The minimum absolute atomic E-state index is 0.0236. The number of aromatic nitrogens is 2. The van der Waals surface area contributed by atoms with Crippen LogP contribution in [-0.2, 0) is 4.74 Å². The van der Waals surface area contributed by atoms with E-state index in [0.717, 1.165) is 6.42 Å². The van der Waals surface area contributed by atoms with Gasteiger partial charge in [-0.05, 0) is 6.42 Å². The number of nitrogens with zero attached hydrogens (tertiary/aromatic N) is 3. The van der Waals surface area contributed by atoms with Crippen LogP contribution in [0.4, 0.5) is 11.5 Å². The van der Waals surface area contributed by atoms with Gasteiger partial charge in [-0.25, -0.2) is 4.98 Å². The Bertz CT molecular complexity index is 463. The molecule has 1 aromatic rings. The number of hydrogen-bond donors (Lipinski definition) is 1. The third-order valence-corrected chi connectivity index (χ3v) is 2.96. The zero-order valence-electron chi connectivity index (χ0n) is 11.4. The highest BCUT2D eigenvalue weighted by molar-refractivity contribution is 5.61. The number of nitrogens with one attached hydrogen (secondary N) is 1. The molecule has 0 radical (unpaired) electrons. The minimum atomic E-state index is -0.507. The van der Waals surface area contributed by atoms with Gasteiger partial charge in [0.05, 0.1) is 18.1 Å². The molecule has 0 aliphatic carbocycles. The Hall–Kier alpha value is -1.96. The van der Waals surface area contributed by atoms with E-state index in [-0.39, 0.29) is 23.5 Å². The predicted molar refractivity (Wildman–Crippen MR) is 71.9 cm³/mol. The fourth-order valence-electron chi connectivity index (χ4n) is 1.94. The van der Waals surface area contributed by atoms with Crippen LogP contribution in [0.1, 0.15) is 26.2 Å². The summed E-state index contributed by atoms with van der Waals surface area (Å²) >= 11 is 0. The van der Waals surface area contributed by atoms with Crippen molar-refractivity contribution in [2.75, 3.05) is 25.1 Å². The van der Waals surface area contributed by atoms with Crippen LogP contribution in [0.15, 0.2) is 6.33 Å². The van der Waals surface area contributed by atoms with E-state index in [9.17, 15) is 10.1 Å². The van der Waals surface area contributed by atoms with Crippen LogP contribution in [0, 0.1) is 10.1 Å². The van der Waals surface area contributed by atoms with Gasteiger partial charge in [-0.3, -0.25) is 10.1 Å². The fraction of sp³-hybridized carbons (Fsp3) is 0.667. The van der Waals surface area contributed by atoms with Crippen molar-refractivity contribution in [3.8, 4) is 5.88 Å². The highest BCUT2D eigenvalue weighted by Crippen LogP contribution is 2.32. The van der Waals surface area contributed by atoms with Gasteiger partial charge in [0.25, 0.3) is 5.88 Å². The molecule has 0 spiro atoms. The number of anilines is 1. The Morgan fingerprint density at radius 3 is 2.90 bits per heavy atom. The lowest BCUT2D eigenvalue weighted by molar-refractivity contribution is -0.385. The lowest BCUT2D eigenvalue weighted by Crippen LogP contribution is -2.26. The SMILES string of the molecule is CCCNc1ncnc(OC2CCOCC2)c1[N+](=O)[O-].